The first-order chi connectivity index (χ1) is 12.3. The van der Waals surface area contributed by atoms with Crippen LogP contribution in [0.15, 0.2) is 48.5 Å². The summed E-state index contributed by atoms with van der Waals surface area (Å²) in [6.45, 7) is 0.324. The Hall–Kier alpha value is -3.00. The summed E-state index contributed by atoms with van der Waals surface area (Å²) in [6, 6.07) is 13.8. The van der Waals surface area contributed by atoms with E-state index in [-0.39, 0.29) is 5.82 Å². The highest BCUT2D eigenvalue weighted by atomic mass is 32.1. The van der Waals surface area contributed by atoms with E-state index < -0.39 is 6.10 Å². The molecule has 0 amide bonds. The largest absolute Gasteiger partial charge is 0.485 e. The molecule has 1 aliphatic rings. The third-order valence-corrected chi connectivity index (χ3v) is 4.83. The fourth-order valence-electron chi connectivity index (χ4n) is 2.72. The van der Waals surface area contributed by atoms with Crippen molar-refractivity contribution in [3.8, 4) is 22.1 Å². The molecule has 1 unspecified atom stereocenters. The van der Waals surface area contributed by atoms with Gasteiger partial charge in [-0.25, -0.2) is 4.39 Å². The lowest BCUT2D eigenvalue weighted by atomic mass is 10.2. The molecule has 3 heterocycles. The first-order valence-corrected chi connectivity index (χ1v) is 8.46. The topological polar surface area (TPSA) is 61.5 Å². The number of para-hydroxylation sites is 2. The number of nitrogens with zero attached hydrogens (tertiary/aromatic N) is 4. The second kappa shape index (κ2) is 5.52. The maximum Gasteiger partial charge on any atom is 0.235 e. The van der Waals surface area contributed by atoms with Gasteiger partial charge in [0, 0.05) is 5.56 Å². The molecule has 8 heteroatoms. The van der Waals surface area contributed by atoms with E-state index in [1.807, 2.05) is 30.3 Å². The van der Waals surface area contributed by atoms with Crippen molar-refractivity contribution in [2.45, 2.75) is 6.10 Å². The van der Waals surface area contributed by atoms with E-state index in [4.69, 9.17) is 9.47 Å². The number of fused-ring (bicyclic) bond motifs is 2. The summed E-state index contributed by atoms with van der Waals surface area (Å²) in [5.41, 5.74) is 0.701. The van der Waals surface area contributed by atoms with E-state index in [2.05, 4.69) is 15.3 Å². The molecule has 0 bridgehead atoms. The van der Waals surface area contributed by atoms with E-state index in [0.29, 0.717) is 39.5 Å². The summed E-state index contributed by atoms with van der Waals surface area (Å²) in [7, 11) is 0. The molecule has 6 nitrogen and oxygen atoms in total. The van der Waals surface area contributed by atoms with Crippen molar-refractivity contribution in [2.24, 2.45) is 0 Å². The lowest BCUT2D eigenvalue weighted by Gasteiger charge is -2.24. The van der Waals surface area contributed by atoms with E-state index in [9.17, 15) is 4.39 Å². The smallest absolute Gasteiger partial charge is 0.235 e. The van der Waals surface area contributed by atoms with Gasteiger partial charge >= 0.3 is 0 Å². The van der Waals surface area contributed by atoms with Gasteiger partial charge in [-0.1, -0.05) is 35.6 Å². The fraction of sp³-hybridized carbons (Fsp3) is 0.118. The Labute approximate surface area is 145 Å². The molecule has 1 atom stereocenters. The Morgan fingerprint density at radius 1 is 1.08 bits per heavy atom. The zero-order chi connectivity index (χ0) is 16.8. The highest BCUT2D eigenvalue weighted by Gasteiger charge is 2.28. The molecular formula is C17H11FN4O2S. The summed E-state index contributed by atoms with van der Waals surface area (Å²) in [5.74, 6) is 1.63. The Morgan fingerprint density at radius 2 is 1.96 bits per heavy atom. The molecule has 1 aliphatic heterocycles. The molecule has 5 rings (SSSR count). The normalized spacial score (nSPS) is 16.3. The van der Waals surface area contributed by atoms with Crippen LogP contribution in [0, 0.1) is 5.82 Å². The number of aromatic nitrogens is 4. The van der Waals surface area contributed by atoms with Crippen LogP contribution >= 0.6 is 11.3 Å². The maximum absolute atomic E-state index is 13.5. The van der Waals surface area contributed by atoms with Crippen LogP contribution in [0.4, 0.5) is 4.39 Å². The lowest BCUT2D eigenvalue weighted by molar-refractivity contribution is 0.0836. The van der Waals surface area contributed by atoms with Gasteiger partial charge in [-0.2, -0.15) is 9.61 Å². The number of hydrogen-bond donors (Lipinski definition) is 0. The van der Waals surface area contributed by atoms with E-state index in [1.54, 1.807) is 10.6 Å². The van der Waals surface area contributed by atoms with Crippen molar-refractivity contribution >= 4 is 16.3 Å². The van der Waals surface area contributed by atoms with Crippen LogP contribution in [-0.4, -0.2) is 26.4 Å². The zero-order valence-corrected chi connectivity index (χ0v) is 13.6. The predicted octanol–water partition coefficient (Wildman–Crippen LogP) is 3.50. The highest BCUT2D eigenvalue weighted by Crippen LogP contribution is 2.36. The number of halogens is 1. The molecule has 0 fully saturated rings. The van der Waals surface area contributed by atoms with Gasteiger partial charge in [0.15, 0.2) is 23.4 Å². The first-order valence-electron chi connectivity index (χ1n) is 7.64. The second-order valence-electron chi connectivity index (χ2n) is 5.53. The standard InChI is InChI=1S/C17H11FN4O2S/c18-11-5-3-4-10(8-11)16-21-22-15(19-20-17(22)25-16)14-9-23-12-6-1-2-7-13(12)24-14/h1-8,14H,9H2. The minimum Gasteiger partial charge on any atom is -0.485 e. The maximum atomic E-state index is 13.5. The molecular weight excluding hydrogens is 343 g/mol. The minimum atomic E-state index is -0.410. The Morgan fingerprint density at radius 3 is 2.84 bits per heavy atom. The van der Waals surface area contributed by atoms with Crippen molar-refractivity contribution in [1.29, 1.82) is 0 Å². The third kappa shape index (κ3) is 2.42. The van der Waals surface area contributed by atoms with Gasteiger partial charge in [-0.15, -0.1) is 10.2 Å². The van der Waals surface area contributed by atoms with Crippen molar-refractivity contribution in [3.63, 3.8) is 0 Å². The molecule has 0 N–H and O–H groups in total. The number of hydrogen-bond acceptors (Lipinski definition) is 6. The van der Waals surface area contributed by atoms with Crippen LogP contribution in [0.5, 0.6) is 11.5 Å². The van der Waals surface area contributed by atoms with Crippen molar-refractivity contribution in [3.05, 3.63) is 60.2 Å². The van der Waals surface area contributed by atoms with Gasteiger partial charge in [0.05, 0.1) is 0 Å². The highest BCUT2D eigenvalue weighted by molar-refractivity contribution is 7.19. The summed E-state index contributed by atoms with van der Waals surface area (Å²) >= 11 is 1.34. The van der Waals surface area contributed by atoms with E-state index in [0.717, 1.165) is 0 Å². The molecule has 0 radical (unpaired) electrons. The molecule has 2 aromatic heterocycles. The van der Waals surface area contributed by atoms with Crippen LogP contribution in [0.2, 0.25) is 0 Å². The zero-order valence-electron chi connectivity index (χ0n) is 12.8. The van der Waals surface area contributed by atoms with Crippen molar-refractivity contribution in [2.75, 3.05) is 6.61 Å². The van der Waals surface area contributed by atoms with Crippen LogP contribution in [0.25, 0.3) is 15.5 Å². The van der Waals surface area contributed by atoms with E-state index in [1.165, 1.54) is 23.5 Å². The molecule has 0 saturated carbocycles. The third-order valence-electron chi connectivity index (χ3n) is 3.88. The molecule has 4 aromatic rings. The lowest BCUT2D eigenvalue weighted by Crippen LogP contribution is -2.23. The van der Waals surface area contributed by atoms with Crippen LogP contribution in [0.3, 0.4) is 0 Å². The SMILES string of the molecule is Fc1cccc(-c2nn3c(C4COc5ccccc5O4)nnc3s2)c1. The molecule has 25 heavy (non-hydrogen) atoms. The summed E-state index contributed by atoms with van der Waals surface area (Å²) in [6.07, 6.45) is -0.410. The number of benzene rings is 2. The van der Waals surface area contributed by atoms with Gasteiger partial charge < -0.3 is 9.47 Å². The Bertz CT molecular complexity index is 1080. The minimum absolute atomic E-state index is 0.302. The van der Waals surface area contributed by atoms with Crippen molar-refractivity contribution in [1.82, 2.24) is 19.8 Å². The Kier molecular flexibility index (Phi) is 3.17. The number of rotatable bonds is 2. The van der Waals surface area contributed by atoms with Gasteiger partial charge in [-0.05, 0) is 24.3 Å². The average Bonchev–Trinajstić information content (AvgIpc) is 3.22. The molecule has 0 saturated heterocycles. The predicted molar refractivity (Wildman–Crippen MR) is 89.4 cm³/mol. The van der Waals surface area contributed by atoms with Crippen molar-refractivity contribution < 1.29 is 13.9 Å². The second-order valence-corrected chi connectivity index (χ2v) is 6.49. The molecule has 0 spiro atoms. The fourth-order valence-corrected chi connectivity index (χ4v) is 3.56. The quantitative estimate of drug-likeness (QED) is 0.551. The van der Waals surface area contributed by atoms with Crippen LogP contribution in [0.1, 0.15) is 11.9 Å². The van der Waals surface area contributed by atoms with Gasteiger partial charge in [0.25, 0.3) is 0 Å². The first kappa shape index (κ1) is 14.4. The summed E-state index contributed by atoms with van der Waals surface area (Å²) in [4.78, 5) is 0.622. The summed E-state index contributed by atoms with van der Waals surface area (Å²) in [5, 5.41) is 13.5. The van der Waals surface area contributed by atoms with Gasteiger partial charge in [0.1, 0.15) is 17.4 Å². The van der Waals surface area contributed by atoms with Gasteiger partial charge in [-0.3, -0.25) is 0 Å². The average molecular weight is 354 g/mol. The van der Waals surface area contributed by atoms with E-state index >= 15 is 0 Å². The molecule has 124 valence electrons. The van der Waals surface area contributed by atoms with Crippen LogP contribution < -0.4 is 9.47 Å². The van der Waals surface area contributed by atoms with Gasteiger partial charge in [0.2, 0.25) is 4.96 Å². The molecule has 2 aromatic carbocycles. The summed E-state index contributed by atoms with van der Waals surface area (Å²) < 4.78 is 26.8. The molecule has 0 aliphatic carbocycles. The Balaban J connectivity index is 1.53. The monoisotopic (exact) mass is 354 g/mol. The number of ether oxygens (including phenoxy) is 2. The van der Waals surface area contributed by atoms with Crippen LogP contribution in [-0.2, 0) is 0 Å².